The maximum Gasteiger partial charge on any atom is 0.269 e. The van der Waals surface area contributed by atoms with Crippen molar-refractivity contribution in [3.05, 3.63) is 70.8 Å². The number of rotatable bonds is 16. The molecule has 0 aliphatic carbocycles. The van der Waals surface area contributed by atoms with Crippen molar-refractivity contribution in [2.45, 2.75) is 0 Å². The van der Waals surface area contributed by atoms with Gasteiger partial charge < -0.3 is 23.8 Å². The molecule has 0 aromatic heterocycles. The van der Waals surface area contributed by atoms with Crippen molar-refractivity contribution in [3.8, 4) is 36.2 Å². The van der Waals surface area contributed by atoms with Crippen molar-refractivity contribution in [1.82, 2.24) is 0 Å². The number of nitro groups is 1. The maximum atomic E-state index is 10.9. The predicted octanol–water partition coefficient (Wildman–Crippen LogP) is 6.55. The highest BCUT2D eigenvalue weighted by atomic mass is 16.6. The monoisotopic (exact) mass is 570 g/mol. The summed E-state index contributed by atoms with van der Waals surface area (Å²) in [6.07, 6.45) is 10.5. The van der Waals surface area contributed by atoms with Gasteiger partial charge in [-0.25, -0.2) is 0 Å². The van der Waals surface area contributed by atoms with Crippen LogP contribution < -0.4 is 14.4 Å². The van der Waals surface area contributed by atoms with Gasteiger partial charge in [-0.1, -0.05) is 11.8 Å². The minimum atomic E-state index is -0.482. The van der Waals surface area contributed by atoms with Gasteiger partial charge >= 0.3 is 0 Å². The Morgan fingerprint density at radius 3 is 1.62 bits per heavy atom. The van der Waals surface area contributed by atoms with E-state index < -0.39 is 4.92 Å². The van der Waals surface area contributed by atoms with Crippen molar-refractivity contribution >= 4 is 34.1 Å². The lowest BCUT2D eigenvalue weighted by Crippen LogP contribution is -2.31. The Morgan fingerprint density at radius 2 is 1.21 bits per heavy atom. The summed E-state index contributed by atoms with van der Waals surface area (Å²) in [6.45, 7) is 2.66. The van der Waals surface area contributed by atoms with Crippen LogP contribution in [0, 0.1) is 34.8 Å². The van der Waals surface area contributed by atoms with Crippen LogP contribution in [0.1, 0.15) is 0 Å². The molecular weight excluding hydrogens is 540 g/mol. The molecule has 12 heteroatoms. The van der Waals surface area contributed by atoms with Gasteiger partial charge in [0.05, 0.1) is 43.7 Å². The van der Waals surface area contributed by atoms with E-state index in [0.29, 0.717) is 60.6 Å². The molecule has 3 rings (SSSR count). The highest BCUT2D eigenvalue weighted by molar-refractivity contribution is 5.66. The van der Waals surface area contributed by atoms with Gasteiger partial charge in [0.1, 0.15) is 36.1 Å². The fourth-order valence-electron chi connectivity index (χ4n) is 3.60. The molecule has 0 radical (unpaired) electrons. The minimum absolute atomic E-state index is 0.0359. The smallest absolute Gasteiger partial charge is 0.269 e. The molecule has 0 atom stereocenters. The molecule has 216 valence electrons. The van der Waals surface area contributed by atoms with E-state index in [-0.39, 0.29) is 18.9 Å². The van der Waals surface area contributed by atoms with E-state index in [1.807, 2.05) is 24.3 Å². The number of methoxy groups -OCH3 is 2. The molecule has 0 saturated heterocycles. The Labute approximate surface area is 244 Å². The molecule has 0 aliphatic heterocycles. The molecule has 0 unspecified atom stereocenters. The summed E-state index contributed by atoms with van der Waals surface area (Å²) in [5, 5.41) is 27.9. The number of nitro benzene ring substituents is 1. The first-order valence-electron chi connectivity index (χ1n) is 12.7. The zero-order valence-electron chi connectivity index (χ0n) is 23.3. The molecule has 0 spiro atoms. The second-order valence-corrected chi connectivity index (χ2v) is 8.39. The number of ether oxygens (including phenoxy) is 4. The number of hydrogen-bond donors (Lipinski definition) is 0. The molecule has 3 aromatic rings. The largest absolute Gasteiger partial charge is 0.494 e. The Hall–Kier alpha value is -5.30. The summed E-state index contributed by atoms with van der Waals surface area (Å²) in [6, 6.07) is 16.5. The average Bonchev–Trinajstić information content (AvgIpc) is 3.02. The number of azo groups is 2. The van der Waals surface area contributed by atoms with Crippen LogP contribution in [0.5, 0.6) is 11.5 Å². The highest BCUT2D eigenvalue weighted by Crippen LogP contribution is 2.41. The third-order valence-corrected chi connectivity index (χ3v) is 5.68. The van der Waals surface area contributed by atoms with Crippen LogP contribution in [0.25, 0.3) is 0 Å². The van der Waals surface area contributed by atoms with Gasteiger partial charge in [-0.05, 0) is 36.4 Å². The molecule has 0 aliphatic rings. The molecule has 0 bridgehead atoms. The van der Waals surface area contributed by atoms with Crippen LogP contribution in [-0.2, 0) is 9.47 Å². The van der Waals surface area contributed by atoms with E-state index in [4.69, 9.17) is 31.8 Å². The van der Waals surface area contributed by atoms with Crippen molar-refractivity contribution in [1.29, 1.82) is 0 Å². The van der Waals surface area contributed by atoms with Crippen molar-refractivity contribution in [2.24, 2.45) is 20.5 Å². The first-order chi connectivity index (χ1) is 20.5. The molecule has 3 aromatic carbocycles. The van der Waals surface area contributed by atoms with Crippen molar-refractivity contribution < 1.29 is 23.9 Å². The van der Waals surface area contributed by atoms with E-state index >= 15 is 0 Å². The SMILES string of the molecule is C#CCOCCN(CCOCC#C)c1ccc(N=Nc2cc(OC)c(N=Nc3ccc([N+](=O)[O-])cc3)cc2OC)cc1. The third-order valence-electron chi connectivity index (χ3n) is 5.68. The van der Waals surface area contributed by atoms with Gasteiger partial charge in [0, 0.05) is 43.0 Å². The van der Waals surface area contributed by atoms with Crippen LogP contribution >= 0.6 is 0 Å². The zero-order valence-corrected chi connectivity index (χ0v) is 23.3. The van der Waals surface area contributed by atoms with Crippen LogP contribution in [0.2, 0.25) is 0 Å². The summed E-state index contributed by atoms with van der Waals surface area (Å²) in [5.74, 6) is 5.70. The van der Waals surface area contributed by atoms with Gasteiger partial charge in [0.2, 0.25) is 0 Å². The predicted molar refractivity (Wildman–Crippen MR) is 159 cm³/mol. The summed E-state index contributed by atoms with van der Waals surface area (Å²) in [5.41, 5.74) is 2.77. The number of hydrogen-bond acceptors (Lipinski definition) is 11. The normalized spacial score (nSPS) is 10.9. The molecule has 12 nitrogen and oxygen atoms in total. The summed E-state index contributed by atoms with van der Waals surface area (Å²) in [7, 11) is 3.00. The second-order valence-electron chi connectivity index (χ2n) is 8.39. The van der Waals surface area contributed by atoms with Gasteiger partial charge in [0.15, 0.2) is 0 Å². The fraction of sp³-hybridized carbons (Fsp3) is 0.267. The molecule has 0 amide bonds. The lowest BCUT2D eigenvalue weighted by atomic mass is 10.2. The molecule has 42 heavy (non-hydrogen) atoms. The molecule has 0 N–H and O–H groups in total. The number of terminal acetylenes is 2. The Morgan fingerprint density at radius 1 is 0.762 bits per heavy atom. The molecule has 0 saturated carbocycles. The van der Waals surface area contributed by atoms with E-state index in [0.717, 1.165) is 5.69 Å². The standard InChI is InChI=1S/C30H30N6O6/c1-5-17-41-19-15-35(16-20-42-18-6-2)25-11-7-23(8-12-25)31-33-27-21-30(40-4)28(22-29(27)39-3)34-32-24-9-13-26(14-10-24)36(37)38/h1-2,7-14,21-22H,15-20H2,3-4H3. The van der Waals surface area contributed by atoms with Crippen LogP contribution in [0.4, 0.5) is 34.1 Å². The topological polar surface area (TPSA) is 133 Å². The van der Waals surface area contributed by atoms with E-state index in [1.165, 1.54) is 38.5 Å². The number of anilines is 1. The number of benzene rings is 3. The molecular formula is C30H30N6O6. The summed E-state index contributed by atoms with van der Waals surface area (Å²) >= 11 is 0. The quantitative estimate of drug-likeness (QED) is 0.0627. The van der Waals surface area contributed by atoms with E-state index in [1.54, 1.807) is 12.1 Å². The molecule has 0 fully saturated rings. The Bertz CT molecular complexity index is 1440. The minimum Gasteiger partial charge on any atom is -0.494 e. The van der Waals surface area contributed by atoms with Gasteiger partial charge in [-0.2, -0.15) is 10.2 Å². The summed E-state index contributed by atoms with van der Waals surface area (Å²) in [4.78, 5) is 12.5. The highest BCUT2D eigenvalue weighted by Gasteiger charge is 2.12. The fourth-order valence-corrected chi connectivity index (χ4v) is 3.60. The van der Waals surface area contributed by atoms with Crippen molar-refractivity contribution in [3.63, 3.8) is 0 Å². The third kappa shape index (κ3) is 9.41. The van der Waals surface area contributed by atoms with Crippen LogP contribution in [0.3, 0.4) is 0 Å². The van der Waals surface area contributed by atoms with Crippen molar-refractivity contribution in [2.75, 3.05) is 58.6 Å². The average molecular weight is 571 g/mol. The van der Waals surface area contributed by atoms with E-state index in [9.17, 15) is 10.1 Å². The molecule has 0 heterocycles. The first kappa shape index (κ1) is 31.2. The zero-order chi connectivity index (χ0) is 30.2. The van der Waals surface area contributed by atoms with Gasteiger partial charge in [-0.3, -0.25) is 10.1 Å². The Balaban J connectivity index is 1.75. The summed E-state index contributed by atoms with van der Waals surface area (Å²) < 4.78 is 21.8. The van der Waals surface area contributed by atoms with Crippen LogP contribution in [0.15, 0.2) is 81.1 Å². The maximum absolute atomic E-state index is 10.9. The van der Waals surface area contributed by atoms with Gasteiger partial charge in [0.25, 0.3) is 5.69 Å². The Kier molecular flexibility index (Phi) is 12.4. The lowest BCUT2D eigenvalue weighted by molar-refractivity contribution is -0.384. The number of nitrogens with zero attached hydrogens (tertiary/aromatic N) is 6. The second kappa shape index (κ2) is 16.7. The van der Waals surface area contributed by atoms with Gasteiger partial charge in [-0.15, -0.1) is 23.1 Å². The lowest BCUT2D eigenvalue weighted by Gasteiger charge is -2.24. The number of non-ortho nitro benzene ring substituents is 1. The first-order valence-corrected chi connectivity index (χ1v) is 12.7. The van der Waals surface area contributed by atoms with Crippen LogP contribution in [-0.4, -0.2) is 58.7 Å². The van der Waals surface area contributed by atoms with E-state index in [2.05, 4.69) is 37.2 Å².